The van der Waals surface area contributed by atoms with Gasteiger partial charge in [-0.05, 0) is 25.0 Å². The molecule has 26 heavy (non-hydrogen) atoms. The van der Waals surface area contributed by atoms with Crippen LogP contribution in [0.5, 0.6) is 0 Å². The van der Waals surface area contributed by atoms with E-state index in [4.69, 9.17) is 10.2 Å². The summed E-state index contributed by atoms with van der Waals surface area (Å²) in [5.74, 6) is -1.31. The normalized spacial score (nSPS) is 13.0. The maximum Gasteiger partial charge on any atom is 0.328 e. The van der Waals surface area contributed by atoms with Gasteiger partial charge in [0.1, 0.15) is 17.7 Å². The Labute approximate surface area is 148 Å². The van der Waals surface area contributed by atoms with E-state index in [-0.39, 0.29) is 36.5 Å². The van der Waals surface area contributed by atoms with Gasteiger partial charge in [-0.1, -0.05) is 12.1 Å². The summed E-state index contributed by atoms with van der Waals surface area (Å²) in [5.41, 5.74) is 0.0664. The maximum absolute atomic E-state index is 12.2. The molecular formula is C17H18N4O5. The Balaban J connectivity index is 2.59. The second kappa shape index (κ2) is 8.75. The number of aliphatic hydroxyl groups is 2. The molecule has 0 amide bonds. The van der Waals surface area contributed by atoms with Gasteiger partial charge in [0, 0.05) is 12.3 Å². The molecule has 0 bridgehead atoms. The van der Waals surface area contributed by atoms with Gasteiger partial charge < -0.3 is 25.6 Å². The van der Waals surface area contributed by atoms with Gasteiger partial charge in [0.25, 0.3) is 5.56 Å². The molecule has 0 saturated heterocycles. The zero-order valence-corrected chi connectivity index (χ0v) is 13.8. The number of rotatable bonds is 8. The quantitative estimate of drug-likeness (QED) is 0.411. The van der Waals surface area contributed by atoms with Crippen LogP contribution in [-0.4, -0.2) is 50.5 Å². The van der Waals surface area contributed by atoms with Crippen molar-refractivity contribution in [3.05, 3.63) is 46.1 Å². The SMILES string of the molecule is N#C/C(=C(\CCCO)N[C@@H](CO)C(=O)O)c1nc2ccccc2c(=O)[nH]1. The fourth-order valence-electron chi connectivity index (χ4n) is 2.39. The van der Waals surface area contributed by atoms with E-state index in [1.165, 1.54) is 0 Å². The minimum absolute atomic E-state index is 0.0151. The van der Waals surface area contributed by atoms with Crippen molar-refractivity contribution in [2.45, 2.75) is 18.9 Å². The lowest BCUT2D eigenvalue weighted by molar-refractivity contribution is -0.140. The first-order chi connectivity index (χ1) is 12.5. The van der Waals surface area contributed by atoms with Gasteiger partial charge in [0.05, 0.1) is 17.5 Å². The van der Waals surface area contributed by atoms with Gasteiger partial charge in [-0.2, -0.15) is 5.26 Å². The van der Waals surface area contributed by atoms with Crippen LogP contribution in [0.2, 0.25) is 0 Å². The number of hydrogen-bond acceptors (Lipinski definition) is 7. The number of carboxylic acids is 1. The van der Waals surface area contributed by atoms with Gasteiger partial charge in [0.15, 0.2) is 5.82 Å². The van der Waals surface area contributed by atoms with Crippen molar-refractivity contribution in [1.29, 1.82) is 5.26 Å². The zero-order chi connectivity index (χ0) is 19.1. The highest BCUT2D eigenvalue weighted by Gasteiger charge is 2.21. The summed E-state index contributed by atoms with van der Waals surface area (Å²) < 4.78 is 0. The molecule has 9 heteroatoms. The number of carbonyl (C=O) groups is 1. The Bertz CT molecular complexity index is 929. The number of H-pyrrole nitrogens is 1. The Morgan fingerprint density at radius 3 is 2.69 bits per heavy atom. The van der Waals surface area contributed by atoms with E-state index < -0.39 is 24.2 Å². The minimum atomic E-state index is -1.33. The van der Waals surface area contributed by atoms with Gasteiger partial charge in [-0.3, -0.25) is 4.79 Å². The standard InChI is InChI=1S/C17H18N4O5/c18-8-11(13(6-3-7-22)19-14(9-23)17(25)26)15-20-12-5-2-1-4-10(12)16(24)21-15/h1-2,4-5,14,19,22-23H,3,6-7,9H2,(H,25,26)(H,20,21,24)/b13-11-/t14-/m0/s1. The van der Waals surface area contributed by atoms with E-state index in [2.05, 4.69) is 15.3 Å². The lowest BCUT2D eigenvalue weighted by Gasteiger charge is -2.17. The van der Waals surface area contributed by atoms with Crippen molar-refractivity contribution >= 4 is 22.4 Å². The van der Waals surface area contributed by atoms with Crippen molar-refractivity contribution in [3.8, 4) is 6.07 Å². The molecule has 0 aliphatic heterocycles. The van der Waals surface area contributed by atoms with E-state index in [9.17, 15) is 20.0 Å². The number of para-hydroxylation sites is 1. The van der Waals surface area contributed by atoms with Crippen LogP contribution in [0.1, 0.15) is 18.7 Å². The molecule has 0 unspecified atom stereocenters. The van der Waals surface area contributed by atoms with Gasteiger partial charge in [-0.25, -0.2) is 9.78 Å². The molecular weight excluding hydrogens is 340 g/mol. The number of benzene rings is 1. The predicted molar refractivity (Wildman–Crippen MR) is 92.9 cm³/mol. The molecule has 5 N–H and O–H groups in total. The van der Waals surface area contributed by atoms with E-state index in [0.29, 0.717) is 10.9 Å². The van der Waals surface area contributed by atoms with Crippen molar-refractivity contribution in [2.24, 2.45) is 0 Å². The second-order valence-corrected chi connectivity index (χ2v) is 5.44. The summed E-state index contributed by atoms with van der Waals surface area (Å²) in [5, 5.41) is 39.9. The highest BCUT2D eigenvalue weighted by molar-refractivity contribution is 5.82. The summed E-state index contributed by atoms with van der Waals surface area (Å²) in [7, 11) is 0. The van der Waals surface area contributed by atoms with Crippen LogP contribution in [0.3, 0.4) is 0 Å². The molecule has 1 heterocycles. The fraction of sp³-hybridized carbons (Fsp3) is 0.294. The largest absolute Gasteiger partial charge is 0.480 e. The average molecular weight is 358 g/mol. The number of hydrogen-bond donors (Lipinski definition) is 5. The van der Waals surface area contributed by atoms with Crippen LogP contribution < -0.4 is 10.9 Å². The summed E-state index contributed by atoms with van der Waals surface area (Å²) in [6.45, 7) is -0.874. The van der Waals surface area contributed by atoms with Crippen molar-refractivity contribution in [2.75, 3.05) is 13.2 Å². The van der Waals surface area contributed by atoms with Gasteiger partial charge in [-0.15, -0.1) is 0 Å². The molecule has 0 radical (unpaired) electrons. The number of nitrogens with one attached hydrogen (secondary N) is 2. The molecule has 0 saturated carbocycles. The number of nitriles is 1. The minimum Gasteiger partial charge on any atom is -0.480 e. The zero-order valence-electron chi connectivity index (χ0n) is 13.8. The monoisotopic (exact) mass is 358 g/mol. The van der Waals surface area contributed by atoms with Crippen LogP contribution in [0.4, 0.5) is 0 Å². The first kappa shape index (κ1) is 19.1. The molecule has 1 atom stereocenters. The molecule has 2 aromatic rings. The summed E-state index contributed by atoms with van der Waals surface area (Å²) in [6, 6.07) is 7.19. The number of carboxylic acid groups (broad SMARTS) is 1. The Morgan fingerprint density at radius 1 is 1.35 bits per heavy atom. The van der Waals surface area contributed by atoms with E-state index in [0.717, 1.165) is 0 Å². The Morgan fingerprint density at radius 2 is 2.08 bits per heavy atom. The summed E-state index contributed by atoms with van der Waals surface area (Å²) >= 11 is 0. The first-order valence-corrected chi connectivity index (χ1v) is 7.85. The Kier molecular flexibility index (Phi) is 6.43. The number of aromatic amines is 1. The predicted octanol–water partition coefficient (Wildman–Crippen LogP) is -0.0346. The van der Waals surface area contributed by atoms with E-state index in [1.807, 2.05) is 6.07 Å². The van der Waals surface area contributed by atoms with Crippen LogP contribution in [0.25, 0.3) is 16.5 Å². The Hall–Kier alpha value is -3.22. The highest BCUT2D eigenvalue weighted by Crippen LogP contribution is 2.18. The third kappa shape index (κ3) is 4.24. The molecule has 0 aliphatic rings. The summed E-state index contributed by atoms with van der Waals surface area (Å²) in [6.07, 6.45) is 0.392. The molecule has 1 aromatic carbocycles. The molecule has 0 aliphatic carbocycles. The van der Waals surface area contributed by atoms with Crippen molar-refractivity contribution < 1.29 is 20.1 Å². The highest BCUT2D eigenvalue weighted by atomic mass is 16.4. The number of aliphatic hydroxyl groups excluding tert-OH is 2. The van der Waals surface area contributed by atoms with Gasteiger partial charge in [0.2, 0.25) is 0 Å². The lowest BCUT2D eigenvalue weighted by atomic mass is 10.1. The molecule has 0 spiro atoms. The van der Waals surface area contributed by atoms with E-state index in [1.54, 1.807) is 24.3 Å². The van der Waals surface area contributed by atoms with Crippen molar-refractivity contribution in [1.82, 2.24) is 15.3 Å². The maximum atomic E-state index is 12.2. The van der Waals surface area contributed by atoms with Crippen molar-refractivity contribution in [3.63, 3.8) is 0 Å². The van der Waals surface area contributed by atoms with Crippen LogP contribution in [-0.2, 0) is 4.79 Å². The van der Waals surface area contributed by atoms with Gasteiger partial charge >= 0.3 is 5.97 Å². The molecule has 136 valence electrons. The van der Waals surface area contributed by atoms with Crippen LogP contribution >= 0.6 is 0 Å². The van der Waals surface area contributed by atoms with Crippen LogP contribution in [0, 0.1) is 11.3 Å². The molecule has 2 rings (SSSR count). The van der Waals surface area contributed by atoms with E-state index >= 15 is 0 Å². The number of fused-ring (bicyclic) bond motifs is 1. The second-order valence-electron chi connectivity index (χ2n) is 5.44. The lowest BCUT2D eigenvalue weighted by Crippen LogP contribution is -2.39. The smallest absolute Gasteiger partial charge is 0.328 e. The fourth-order valence-corrected chi connectivity index (χ4v) is 2.39. The first-order valence-electron chi connectivity index (χ1n) is 7.85. The van der Waals surface area contributed by atoms with Crippen LogP contribution in [0.15, 0.2) is 34.8 Å². The third-order valence-corrected chi connectivity index (χ3v) is 3.68. The average Bonchev–Trinajstić information content (AvgIpc) is 2.63. The topological polar surface area (TPSA) is 159 Å². The number of aliphatic carboxylic acids is 1. The third-order valence-electron chi connectivity index (χ3n) is 3.68. The number of allylic oxidation sites excluding steroid dienone is 2. The number of nitrogens with zero attached hydrogens (tertiary/aromatic N) is 2. The summed E-state index contributed by atoms with van der Waals surface area (Å²) in [4.78, 5) is 30.2. The number of aromatic nitrogens is 2. The molecule has 0 fully saturated rings. The molecule has 9 nitrogen and oxygen atoms in total. The molecule has 1 aromatic heterocycles.